The molecule has 140 valence electrons. The van der Waals surface area contributed by atoms with E-state index in [-0.39, 0.29) is 29.6 Å². The summed E-state index contributed by atoms with van der Waals surface area (Å²) in [6.07, 6.45) is -0.232. The molecule has 0 bridgehead atoms. The normalized spacial score (nSPS) is 11.3. The van der Waals surface area contributed by atoms with Gasteiger partial charge in [0.1, 0.15) is 0 Å². The number of halogens is 4. The van der Waals surface area contributed by atoms with Crippen LogP contribution in [-0.2, 0) is 17.4 Å². The highest BCUT2D eigenvalue weighted by Gasteiger charge is 2.33. The van der Waals surface area contributed by atoms with Gasteiger partial charge < -0.3 is 10.2 Å². The zero-order valence-electron chi connectivity index (χ0n) is 14.2. The highest BCUT2D eigenvalue weighted by molar-refractivity contribution is 6.31. The fraction of sp³-hybridized carbons (Fsp3) is 0.333. The van der Waals surface area contributed by atoms with Gasteiger partial charge in [-0.25, -0.2) is 0 Å². The van der Waals surface area contributed by atoms with Crippen LogP contribution in [0.15, 0.2) is 42.7 Å². The van der Waals surface area contributed by atoms with Crippen molar-refractivity contribution in [2.75, 3.05) is 25.5 Å². The summed E-state index contributed by atoms with van der Waals surface area (Å²) < 4.78 is 38.5. The highest BCUT2D eigenvalue weighted by atomic mass is 35.5. The number of benzene rings is 1. The number of anilines is 1. The van der Waals surface area contributed by atoms with Gasteiger partial charge in [0.2, 0.25) is 5.91 Å². The van der Waals surface area contributed by atoms with Crippen molar-refractivity contribution in [1.82, 2.24) is 9.88 Å². The van der Waals surface area contributed by atoms with Crippen molar-refractivity contribution in [3.63, 3.8) is 0 Å². The van der Waals surface area contributed by atoms with E-state index in [1.54, 1.807) is 24.3 Å². The SMILES string of the molecule is CN(CCc1ccncc1)C(=O)CCNc1ccc(Cl)c(C(F)(F)F)c1. The number of rotatable bonds is 7. The van der Waals surface area contributed by atoms with E-state index >= 15 is 0 Å². The maximum Gasteiger partial charge on any atom is 0.417 e. The molecule has 0 atom stereocenters. The molecular formula is C18H19ClF3N3O. The molecule has 0 aliphatic rings. The molecule has 0 aliphatic carbocycles. The minimum absolute atomic E-state index is 0.0865. The number of likely N-dealkylation sites (N-methyl/N-ethyl adjacent to an activating group) is 1. The molecule has 0 saturated carbocycles. The summed E-state index contributed by atoms with van der Waals surface area (Å²) >= 11 is 5.58. The van der Waals surface area contributed by atoms with Gasteiger partial charge in [-0.2, -0.15) is 13.2 Å². The van der Waals surface area contributed by atoms with Crippen LogP contribution < -0.4 is 5.32 Å². The molecule has 8 heteroatoms. The van der Waals surface area contributed by atoms with Gasteiger partial charge in [0.25, 0.3) is 0 Å². The van der Waals surface area contributed by atoms with Crippen molar-refractivity contribution >= 4 is 23.2 Å². The molecular weight excluding hydrogens is 367 g/mol. The van der Waals surface area contributed by atoms with Crippen molar-refractivity contribution in [3.05, 3.63) is 58.9 Å². The Morgan fingerprint density at radius 1 is 1.23 bits per heavy atom. The van der Waals surface area contributed by atoms with Crippen LogP contribution in [0.1, 0.15) is 17.5 Å². The number of nitrogens with one attached hydrogen (secondary N) is 1. The Bertz CT molecular complexity index is 738. The summed E-state index contributed by atoms with van der Waals surface area (Å²) in [5.74, 6) is -0.0865. The third-order valence-corrected chi connectivity index (χ3v) is 4.18. The zero-order valence-corrected chi connectivity index (χ0v) is 14.9. The summed E-state index contributed by atoms with van der Waals surface area (Å²) in [7, 11) is 1.70. The van der Waals surface area contributed by atoms with Crippen LogP contribution in [0.3, 0.4) is 0 Å². The number of amides is 1. The van der Waals surface area contributed by atoms with E-state index in [1.807, 2.05) is 12.1 Å². The molecule has 0 fully saturated rings. The lowest BCUT2D eigenvalue weighted by molar-refractivity contribution is -0.137. The lowest BCUT2D eigenvalue weighted by Crippen LogP contribution is -2.30. The van der Waals surface area contributed by atoms with Crippen molar-refractivity contribution in [2.45, 2.75) is 19.0 Å². The molecule has 0 unspecified atom stereocenters. The topological polar surface area (TPSA) is 45.2 Å². The van der Waals surface area contributed by atoms with E-state index in [9.17, 15) is 18.0 Å². The molecule has 2 rings (SSSR count). The second-order valence-corrected chi connectivity index (χ2v) is 6.20. The number of pyridine rings is 1. The molecule has 4 nitrogen and oxygen atoms in total. The Balaban J connectivity index is 1.81. The molecule has 26 heavy (non-hydrogen) atoms. The maximum absolute atomic E-state index is 12.8. The van der Waals surface area contributed by atoms with Gasteiger partial charge in [-0.1, -0.05) is 11.6 Å². The summed E-state index contributed by atoms with van der Waals surface area (Å²) in [6.45, 7) is 0.791. The lowest BCUT2D eigenvalue weighted by Gasteiger charge is -2.18. The predicted octanol–water partition coefficient (Wildman–Crippen LogP) is 4.26. The number of carbonyl (C=O) groups excluding carboxylic acids is 1. The van der Waals surface area contributed by atoms with Crippen LogP contribution in [0.5, 0.6) is 0 Å². The fourth-order valence-corrected chi connectivity index (χ4v) is 2.55. The quantitative estimate of drug-likeness (QED) is 0.774. The van der Waals surface area contributed by atoms with Crippen LogP contribution in [0.4, 0.5) is 18.9 Å². The fourth-order valence-electron chi connectivity index (χ4n) is 2.33. The van der Waals surface area contributed by atoms with Crippen LogP contribution in [0.2, 0.25) is 5.02 Å². The van der Waals surface area contributed by atoms with E-state index in [1.165, 1.54) is 12.1 Å². The van der Waals surface area contributed by atoms with Gasteiger partial charge in [0, 0.05) is 44.6 Å². The van der Waals surface area contributed by atoms with Gasteiger partial charge in [0.05, 0.1) is 10.6 Å². The summed E-state index contributed by atoms with van der Waals surface area (Å²) in [5.41, 5.74) is 0.456. The minimum atomic E-state index is -4.52. The predicted molar refractivity (Wildman–Crippen MR) is 95.1 cm³/mol. The summed E-state index contributed by atoms with van der Waals surface area (Å²) in [6, 6.07) is 7.36. The third-order valence-electron chi connectivity index (χ3n) is 3.85. The number of aromatic nitrogens is 1. The summed E-state index contributed by atoms with van der Waals surface area (Å²) in [5, 5.41) is 2.48. The largest absolute Gasteiger partial charge is 0.417 e. The lowest BCUT2D eigenvalue weighted by atomic mass is 10.2. The van der Waals surface area contributed by atoms with Crippen LogP contribution in [-0.4, -0.2) is 35.9 Å². The third kappa shape index (κ3) is 5.91. The Labute approximate surface area is 155 Å². The molecule has 0 spiro atoms. The number of alkyl halides is 3. The first kappa shape index (κ1) is 20.0. The first-order valence-corrected chi connectivity index (χ1v) is 8.38. The average Bonchev–Trinajstić information content (AvgIpc) is 2.60. The van der Waals surface area contributed by atoms with Gasteiger partial charge in [-0.05, 0) is 42.3 Å². The Kier molecular flexibility index (Phi) is 6.85. The minimum Gasteiger partial charge on any atom is -0.385 e. The number of hydrogen-bond acceptors (Lipinski definition) is 3. The first-order chi connectivity index (χ1) is 12.3. The molecule has 1 N–H and O–H groups in total. The Morgan fingerprint density at radius 3 is 2.58 bits per heavy atom. The number of nitrogens with zero attached hydrogens (tertiary/aromatic N) is 2. The van der Waals surface area contributed by atoms with E-state index < -0.39 is 11.7 Å². The molecule has 1 aromatic carbocycles. The molecule has 1 amide bonds. The van der Waals surface area contributed by atoms with Gasteiger partial charge in [-0.3, -0.25) is 9.78 Å². The molecule has 1 aromatic heterocycles. The van der Waals surface area contributed by atoms with Crippen molar-refractivity contribution in [2.24, 2.45) is 0 Å². The van der Waals surface area contributed by atoms with Crippen LogP contribution >= 0.6 is 11.6 Å². The van der Waals surface area contributed by atoms with E-state index in [4.69, 9.17) is 11.6 Å². The van der Waals surface area contributed by atoms with E-state index in [0.29, 0.717) is 13.0 Å². The highest BCUT2D eigenvalue weighted by Crippen LogP contribution is 2.36. The van der Waals surface area contributed by atoms with E-state index in [2.05, 4.69) is 10.3 Å². The second kappa shape index (κ2) is 8.89. The maximum atomic E-state index is 12.8. The summed E-state index contributed by atoms with van der Waals surface area (Å²) in [4.78, 5) is 17.6. The van der Waals surface area contributed by atoms with Crippen LogP contribution in [0, 0.1) is 0 Å². The second-order valence-electron chi connectivity index (χ2n) is 5.79. The van der Waals surface area contributed by atoms with Crippen molar-refractivity contribution in [3.8, 4) is 0 Å². The zero-order chi connectivity index (χ0) is 19.2. The molecule has 1 heterocycles. The standard InChI is InChI=1S/C18H19ClF3N3O/c1-25(11-7-13-4-8-23-9-5-13)17(26)6-10-24-14-2-3-16(19)15(12-14)18(20,21)22/h2-5,8-9,12,24H,6-7,10-11H2,1H3. The van der Waals surface area contributed by atoms with E-state index in [0.717, 1.165) is 11.6 Å². The average molecular weight is 386 g/mol. The Morgan fingerprint density at radius 2 is 1.92 bits per heavy atom. The van der Waals surface area contributed by atoms with Gasteiger partial charge >= 0.3 is 6.18 Å². The molecule has 0 saturated heterocycles. The molecule has 2 aromatic rings. The molecule has 0 radical (unpaired) electrons. The van der Waals surface area contributed by atoms with Gasteiger partial charge in [-0.15, -0.1) is 0 Å². The number of hydrogen-bond donors (Lipinski definition) is 1. The monoisotopic (exact) mass is 385 g/mol. The van der Waals surface area contributed by atoms with Crippen molar-refractivity contribution < 1.29 is 18.0 Å². The number of carbonyl (C=O) groups is 1. The smallest absolute Gasteiger partial charge is 0.385 e. The molecule has 0 aliphatic heterocycles. The van der Waals surface area contributed by atoms with Crippen molar-refractivity contribution in [1.29, 1.82) is 0 Å². The Hall–Kier alpha value is -2.28. The van der Waals surface area contributed by atoms with Gasteiger partial charge in [0.15, 0.2) is 0 Å². The first-order valence-electron chi connectivity index (χ1n) is 8.01. The van der Waals surface area contributed by atoms with Crippen LogP contribution in [0.25, 0.3) is 0 Å².